The van der Waals surface area contributed by atoms with Gasteiger partial charge in [-0.2, -0.15) is 0 Å². The van der Waals surface area contributed by atoms with Crippen LogP contribution in [0.1, 0.15) is 103 Å². The van der Waals surface area contributed by atoms with Crippen molar-refractivity contribution in [3.05, 3.63) is 12.2 Å². The molecule has 178 valence electrons. The lowest BCUT2D eigenvalue weighted by Crippen LogP contribution is -2.42. The second-order valence-corrected chi connectivity index (χ2v) is 8.74. The van der Waals surface area contributed by atoms with Crippen LogP contribution in [0.3, 0.4) is 0 Å². The van der Waals surface area contributed by atoms with Gasteiger partial charge < -0.3 is 24.8 Å². The maximum Gasteiger partial charge on any atom is 0.114 e. The molecule has 1 aliphatic heterocycles. The fraction of sp³-hybridized carbons (Fsp3) is 0.920. The molecule has 30 heavy (non-hydrogen) atoms. The van der Waals surface area contributed by atoms with Crippen molar-refractivity contribution in [1.29, 1.82) is 0 Å². The molecule has 3 N–H and O–H groups in total. The van der Waals surface area contributed by atoms with Gasteiger partial charge in [0, 0.05) is 6.61 Å². The molecule has 5 nitrogen and oxygen atoms in total. The number of unbranched alkanes of at least 4 members (excludes halogenated alkanes) is 13. The van der Waals surface area contributed by atoms with Gasteiger partial charge in [-0.3, -0.25) is 0 Å². The zero-order valence-corrected chi connectivity index (χ0v) is 19.4. The Bertz CT molecular complexity index is 401. The van der Waals surface area contributed by atoms with Crippen LogP contribution >= 0.6 is 0 Å². The fourth-order valence-electron chi connectivity index (χ4n) is 3.97. The van der Waals surface area contributed by atoms with E-state index >= 15 is 0 Å². The maximum atomic E-state index is 9.84. The minimum Gasteiger partial charge on any atom is -0.394 e. The first-order chi connectivity index (χ1) is 14.7. The third kappa shape index (κ3) is 13.1. The summed E-state index contributed by atoms with van der Waals surface area (Å²) in [5.74, 6) is 0. The summed E-state index contributed by atoms with van der Waals surface area (Å²) in [5.41, 5.74) is 0. The molecule has 1 heterocycles. The van der Waals surface area contributed by atoms with Gasteiger partial charge in [-0.1, -0.05) is 83.3 Å². The third-order valence-corrected chi connectivity index (χ3v) is 5.97. The molecule has 0 aromatic heterocycles. The molecule has 1 rings (SSSR count). The molecule has 1 saturated heterocycles. The maximum absolute atomic E-state index is 9.84. The van der Waals surface area contributed by atoms with Crippen LogP contribution in [-0.4, -0.2) is 59.6 Å². The van der Waals surface area contributed by atoms with Gasteiger partial charge in [0.25, 0.3) is 0 Å². The summed E-state index contributed by atoms with van der Waals surface area (Å²) in [6, 6.07) is 0. The van der Waals surface area contributed by atoms with Crippen LogP contribution in [0.25, 0.3) is 0 Å². The summed E-state index contributed by atoms with van der Waals surface area (Å²) in [4.78, 5) is 0. The van der Waals surface area contributed by atoms with Crippen molar-refractivity contribution >= 4 is 0 Å². The van der Waals surface area contributed by atoms with E-state index in [0.717, 1.165) is 25.7 Å². The number of aliphatic hydroxyl groups is 3. The molecule has 0 spiro atoms. The minimum absolute atomic E-state index is 0.0944. The van der Waals surface area contributed by atoms with Crippen molar-refractivity contribution in [3.8, 4) is 0 Å². The highest BCUT2D eigenvalue weighted by molar-refractivity contribution is 4.88. The van der Waals surface area contributed by atoms with E-state index in [0.29, 0.717) is 6.61 Å². The lowest BCUT2D eigenvalue weighted by Gasteiger charge is -2.24. The Hall–Kier alpha value is -0.460. The molecule has 0 amide bonds. The highest BCUT2D eigenvalue weighted by atomic mass is 16.6. The van der Waals surface area contributed by atoms with E-state index in [4.69, 9.17) is 9.47 Å². The van der Waals surface area contributed by atoms with Gasteiger partial charge in [0.2, 0.25) is 0 Å². The number of aliphatic hydroxyl groups excluding tert-OH is 3. The number of hydrogen-bond donors (Lipinski definition) is 3. The van der Waals surface area contributed by atoms with E-state index in [-0.39, 0.29) is 13.2 Å². The summed E-state index contributed by atoms with van der Waals surface area (Å²) in [7, 11) is 0. The quantitative estimate of drug-likeness (QED) is 0.190. The van der Waals surface area contributed by atoms with Crippen molar-refractivity contribution < 1.29 is 24.8 Å². The number of allylic oxidation sites excluding steroid dienone is 2. The summed E-state index contributed by atoms with van der Waals surface area (Å²) >= 11 is 0. The van der Waals surface area contributed by atoms with Crippen molar-refractivity contribution in [1.82, 2.24) is 0 Å². The fourth-order valence-corrected chi connectivity index (χ4v) is 3.97. The Morgan fingerprint density at radius 1 is 0.833 bits per heavy atom. The highest BCUT2D eigenvalue weighted by Crippen LogP contribution is 2.20. The lowest BCUT2D eigenvalue weighted by molar-refractivity contribution is -0.101. The van der Waals surface area contributed by atoms with Crippen LogP contribution in [0, 0.1) is 0 Å². The predicted molar refractivity (Wildman–Crippen MR) is 123 cm³/mol. The molecular weight excluding hydrogens is 380 g/mol. The second-order valence-electron chi connectivity index (χ2n) is 8.74. The Kier molecular flexibility index (Phi) is 17.7. The van der Waals surface area contributed by atoms with Gasteiger partial charge in [-0.15, -0.1) is 0 Å². The molecule has 4 atom stereocenters. The first-order valence-electron chi connectivity index (χ1n) is 12.6. The van der Waals surface area contributed by atoms with E-state index in [1.54, 1.807) is 0 Å². The first-order valence-corrected chi connectivity index (χ1v) is 12.6. The number of rotatable bonds is 20. The zero-order valence-electron chi connectivity index (χ0n) is 19.4. The molecule has 0 radical (unpaired) electrons. The van der Waals surface area contributed by atoms with Gasteiger partial charge in [0.1, 0.15) is 24.4 Å². The lowest BCUT2D eigenvalue weighted by atomic mass is 10.1. The third-order valence-electron chi connectivity index (χ3n) is 5.97. The summed E-state index contributed by atoms with van der Waals surface area (Å²) in [5, 5.41) is 28.8. The summed E-state index contributed by atoms with van der Waals surface area (Å²) in [6.07, 6.45) is 20.9. The molecule has 0 aromatic rings. The SMILES string of the molecule is CCCCCCCCCCCC/C=C/CCCCCO[C@@H](CO)[C@H]1OC[C@@H](O)[C@H]1O. The molecule has 0 unspecified atom stereocenters. The van der Waals surface area contributed by atoms with E-state index in [1.165, 1.54) is 70.6 Å². The van der Waals surface area contributed by atoms with E-state index in [1.807, 2.05) is 0 Å². The molecule has 5 heteroatoms. The Morgan fingerprint density at radius 3 is 1.87 bits per heavy atom. The number of hydrogen-bond acceptors (Lipinski definition) is 5. The van der Waals surface area contributed by atoms with Crippen LogP contribution in [0.2, 0.25) is 0 Å². The Balaban J connectivity index is 1.85. The molecule has 1 aliphatic rings. The van der Waals surface area contributed by atoms with Gasteiger partial charge in [0.15, 0.2) is 0 Å². The Labute approximate surface area is 184 Å². The molecule has 0 bridgehead atoms. The normalized spacial score (nSPS) is 22.9. The predicted octanol–water partition coefficient (Wildman–Crippen LogP) is 4.91. The average molecular weight is 429 g/mol. The summed E-state index contributed by atoms with van der Waals surface area (Å²) in [6.45, 7) is 2.69. The van der Waals surface area contributed by atoms with Gasteiger partial charge >= 0.3 is 0 Å². The molecule has 1 fully saturated rings. The smallest absolute Gasteiger partial charge is 0.114 e. The average Bonchev–Trinajstić information content (AvgIpc) is 3.08. The van der Waals surface area contributed by atoms with Gasteiger partial charge in [-0.05, 0) is 32.1 Å². The van der Waals surface area contributed by atoms with Crippen LogP contribution in [0.4, 0.5) is 0 Å². The first kappa shape index (κ1) is 27.6. The van der Waals surface area contributed by atoms with Crippen LogP contribution in [0.15, 0.2) is 12.2 Å². The van der Waals surface area contributed by atoms with Crippen LogP contribution in [-0.2, 0) is 9.47 Å². The largest absolute Gasteiger partial charge is 0.394 e. The van der Waals surface area contributed by atoms with Crippen molar-refractivity contribution in [2.45, 2.75) is 128 Å². The molecular formula is C25H48O5. The highest BCUT2D eigenvalue weighted by Gasteiger charge is 2.40. The molecule has 0 aliphatic carbocycles. The number of ether oxygens (including phenoxy) is 2. The minimum atomic E-state index is -0.983. The Morgan fingerprint density at radius 2 is 1.37 bits per heavy atom. The summed E-state index contributed by atoms with van der Waals surface area (Å²) < 4.78 is 11.0. The van der Waals surface area contributed by atoms with Crippen molar-refractivity contribution in [2.24, 2.45) is 0 Å². The van der Waals surface area contributed by atoms with Crippen molar-refractivity contribution in [3.63, 3.8) is 0 Å². The van der Waals surface area contributed by atoms with E-state index in [9.17, 15) is 15.3 Å². The van der Waals surface area contributed by atoms with Crippen LogP contribution < -0.4 is 0 Å². The van der Waals surface area contributed by atoms with Gasteiger partial charge in [0.05, 0.1) is 13.2 Å². The zero-order chi connectivity index (χ0) is 21.9. The van der Waals surface area contributed by atoms with Crippen molar-refractivity contribution in [2.75, 3.05) is 19.8 Å². The standard InChI is InChI=1S/C25H48O5/c1-2-3-4-5-6-7-8-9-10-11-12-13-14-15-16-17-18-19-29-23(20-26)25-24(28)22(27)21-30-25/h13-14,22-28H,2-12,15-21H2,1H3/b14-13+/t22-,23+,24-,25-/m1/s1. The molecule has 0 aromatic carbocycles. The van der Waals surface area contributed by atoms with Crippen LogP contribution in [0.5, 0.6) is 0 Å². The topological polar surface area (TPSA) is 79.2 Å². The monoisotopic (exact) mass is 428 g/mol. The van der Waals surface area contributed by atoms with E-state index in [2.05, 4.69) is 19.1 Å². The second kappa shape index (κ2) is 19.2. The van der Waals surface area contributed by atoms with Gasteiger partial charge in [-0.25, -0.2) is 0 Å². The molecule has 0 saturated carbocycles. The van der Waals surface area contributed by atoms with E-state index < -0.39 is 24.4 Å².